The number of aromatic nitrogens is 3. The van der Waals surface area contributed by atoms with Gasteiger partial charge in [0.25, 0.3) is 0 Å². The molecule has 0 bridgehead atoms. The van der Waals surface area contributed by atoms with Crippen LogP contribution in [0.15, 0.2) is 61.2 Å². The first-order valence-electron chi connectivity index (χ1n) is 9.63. The second kappa shape index (κ2) is 9.69. The second-order valence-electron chi connectivity index (χ2n) is 6.91. The van der Waals surface area contributed by atoms with Crippen molar-refractivity contribution in [2.75, 3.05) is 6.54 Å². The van der Waals surface area contributed by atoms with Crippen molar-refractivity contribution in [2.24, 2.45) is 0 Å². The number of aryl methyl sites for hydroxylation is 1. The predicted octanol–water partition coefficient (Wildman–Crippen LogP) is 3.76. The van der Waals surface area contributed by atoms with Gasteiger partial charge in [-0.2, -0.15) is 0 Å². The number of urea groups is 1. The third kappa shape index (κ3) is 5.42. The molecule has 2 aromatic heterocycles. The third-order valence-corrected chi connectivity index (χ3v) is 4.48. The number of nitrogens with one attached hydrogen (secondary N) is 1. The monoisotopic (exact) mass is 377 g/mol. The Morgan fingerprint density at radius 3 is 2.75 bits per heavy atom. The van der Waals surface area contributed by atoms with Gasteiger partial charge in [-0.1, -0.05) is 42.8 Å². The van der Waals surface area contributed by atoms with Crippen molar-refractivity contribution < 1.29 is 4.79 Å². The van der Waals surface area contributed by atoms with Gasteiger partial charge < -0.3 is 14.8 Å². The molecule has 146 valence electrons. The highest BCUT2D eigenvalue weighted by Gasteiger charge is 2.17. The standard InChI is InChI=1S/C22H27N5O/c1-3-9-25-22(28)27(16-20-8-5-10-23-14-20)17-21-24-11-12-26(21)15-19-7-4-6-18(2)13-19/h4-8,10-14H,3,9,15-17H2,1-2H3,(H,25,28). The fourth-order valence-corrected chi connectivity index (χ4v) is 3.07. The Balaban J connectivity index is 1.76. The zero-order valence-electron chi connectivity index (χ0n) is 16.5. The van der Waals surface area contributed by atoms with Crippen LogP contribution >= 0.6 is 0 Å². The van der Waals surface area contributed by atoms with Crippen LogP contribution in [0.25, 0.3) is 0 Å². The zero-order valence-corrected chi connectivity index (χ0v) is 16.5. The first-order valence-corrected chi connectivity index (χ1v) is 9.63. The van der Waals surface area contributed by atoms with Crippen LogP contribution in [0.2, 0.25) is 0 Å². The highest BCUT2D eigenvalue weighted by molar-refractivity contribution is 5.74. The maximum atomic E-state index is 12.7. The Kier molecular flexibility index (Phi) is 6.78. The van der Waals surface area contributed by atoms with E-state index in [1.165, 1.54) is 11.1 Å². The Bertz CT molecular complexity index is 891. The average molecular weight is 377 g/mol. The quantitative estimate of drug-likeness (QED) is 0.650. The summed E-state index contributed by atoms with van der Waals surface area (Å²) in [7, 11) is 0. The molecule has 0 aliphatic heterocycles. The zero-order chi connectivity index (χ0) is 19.8. The van der Waals surface area contributed by atoms with Crippen molar-refractivity contribution in [1.82, 2.24) is 24.8 Å². The van der Waals surface area contributed by atoms with Crippen LogP contribution in [0.4, 0.5) is 4.79 Å². The van der Waals surface area contributed by atoms with E-state index < -0.39 is 0 Å². The van der Waals surface area contributed by atoms with E-state index in [1.807, 2.05) is 25.3 Å². The van der Waals surface area contributed by atoms with E-state index in [9.17, 15) is 4.79 Å². The molecule has 28 heavy (non-hydrogen) atoms. The molecule has 0 aliphatic carbocycles. The Hall–Kier alpha value is -3.15. The molecular weight excluding hydrogens is 350 g/mol. The van der Waals surface area contributed by atoms with E-state index in [0.717, 1.165) is 24.4 Å². The van der Waals surface area contributed by atoms with Crippen molar-refractivity contribution >= 4 is 6.03 Å². The molecule has 0 radical (unpaired) electrons. The lowest BCUT2D eigenvalue weighted by molar-refractivity contribution is 0.190. The Labute approximate surface area is 166 Å². The normalized spacial score (nSPS) is 10.6. The van der Waals surface area contributed by atoms with Crippen molar-refractivity contribution in [3.05, 3.63) is 83.7 Å². The third-order valence-electron chi connectivity index (χ3n) is 4.48. The lowest BCUT2D eigenvalue weighted by Crippen LogP contribution is -2.40. The minimum atomic E-state index is -0.0872. The topological polar surface area (TPSA) is 63.1 Å². The lowest BCUT2D eigenvalue weighted by Gasteiger charge is -2.23. The summed E-state index contributed by atoms with van der Waals surface area (Å²) in [4.78, 5) is 23.1. The summed E-state index contributed by atoms with van der Waals surface area (Å²) in [5, 5.41) is 2.97. The number of amides is 2. The van der Waals surface area contributed by atoms with Crippen LogP contribution < -0.4 is 5.32 Å². The molecule has 2 amide bonds. The molecule has 6 nitrogen and oxygen atoms in total. The molecule has 1 N–H and O–H groups in total. The van der Waals surface area contributed by atoms with Gasteiger partial charge in [-0.15, -0.1) is 0 Å². The van der Waals surface area contributed by atoms with Gasteiger partial charge in [0.05, 0.1) is 6.54 Å². The summed E-state index contributed by atoms with van der Waals surface area (Å²) < 4.78 is 2.10. The van der Waals surface area contributed by atoms with Gasteiger partial charge in [0.1, 0.15) is 5.82 Å². The highest BCUT2D eigenvalue weighted by atomic mass is 16.2. The van der Waals surface area contributed by atoms with Gasteiger partial charge >= 0.3 is 6.03 Å². The summed E-state index contributed by atoms with van der Waals surface area (Å²) in [5.74, 6) is 0.858. The average Bonchev–Trinajstić information content (AvgIpc) is 3.13. The van der Waals surface area contributed by atoms with E-state index >= 15 is 0 Å². The summed E-state index contributed by atoms with van der Waals surface area (Å²) >= 11 is 0. The van der Waals surface area contributed by atoms with Crippen LogP contribution in [-0.2, 0) is 19.6 Å². The summed E-state index contributed by atoms with van der Waals surface area (Å²) in [6, 6.07) is 12.2. The summed E-state index contributed by atoms with van der Waals surface area (Å²) in [5.41, 5.74) is 3.44. The second-order valence-corrected chi connectivity index (χ2v) is 6.91. The minimum absolute atomic E-state index is 0.0872. The molecule has 0 aliphatic rings. The maximum absolute atomic E-state index is 12.7. The van der Waals surface area contributed by atoms with Crippen molar-refractivity contribution in [2.45, 2.75) is 39.9 Å². The fourth-order valence-electron chi connectivity index (χ4n) is 3.07. The molecule has 0 spiro atoms. The minimum Gasteiger partial charge on any atom is -0.338 e. The number of benzene rings is 1. The van der Waals surface area contributed by atoms with Gasteiger partial charge in [-0.05, 0) is 30.5 Å². The predicted molar refractivity (Wildman–Crippen MR) is 110 cm³/mol. The number of hydrogen-bond acceptors (Lipinski definition) is 3. The smallest absolute Gasteiger partial charge is 0.318 e. The van der Waals surface area contributed by atoms with Gasteiger partial charge in [-0.3, -0.25) is 4.98 Å². The molecule has 0 atom stereocenters. The Morgan fingerprint density at radius 2 is 2.00 bits per heavy atom. The molecule has 0 unspecified atom stereocenters. The number of carbonyl (C=O) groups is 1. The molecule has 2 heterocycles. The Morgan fingerprint density at radius 1 is 1.14 bits per heavy atom. The number of nitrogens with zero attached hydrogens (tertiary/aromatic N) is 4. The van der Waals surface area contributed by atoms with Crippen LogP contribution in [0.1, 0.15) is 35.9 Å². The summed E-state index contributed by atoms with van der Waals surface area (Å²) in [6.45, 7) is 6.44. The van der Waals surface area contributed by atoms with E-state index in [1.54, 1.807) is 23.5 Å². The van der Waals surface area contributed by atoms with Crippen LogP contribution in [0.3, 0.4) is 0 Å². The van der Waals surface area contributed by atoms with Gasteiger partial charge in [0.2, 0.25) is 0 Å². The number of carbonyl (C=O) groups excluding carboxylic acids is 1. The number of hydrogen-bond donors (Lipinski definition) is 1. The van der Waals surface area contributed by atoms with Crippen molar-refractivity contribution in [1.29, 1.82) is 0 Å². The molecule has 6 heteroatoms. The summed E-state index contributed by atoms with van der Waals surface area (Å²) in [6.07, 6.45) is 8.18. The van der Waals surface area contributed by atoms with E-state index in [-0.39, 0.29) is 6.03 Å². The highest BCUT2D eigenvalue weighted by Crippen LogP contribution is 2.12. The first kappa shape index (κ1) is 19.6. The fraction of sp³-hybridized carbons (Fsp3) is 0.318. The van der Waals surface area contributed by atoms with Crippen molar-refractivity contribution in [3.8, 4) is 0 Å². The van der Waals surface area contributed by atoms with Crippen LogP contribution in [-0.4, -0.2) is 32.0 Å². The molecule has 0 saturated heterocycles. The van der Waals surface area contributed by atoms with E-state index in [2.05, 4.69) is 51.0 Å². The first-order chi connectivity index (χ1) is 13.7. The largest absolute Gasteiger partial charge is 0.338 e. The number of rotatable bonds is 8. The molecular formula is C22H27N5O. The van der Waals surface area contributed by atoms with E-state index in [4.69, 9.17) is 0 Å². The van der Waals surface area contributed by atoms with E-state index in [0.29, 0.717) is 19.6 Å². The lowest BCUT2D eigenvalue weighted by atomic mass is 10.1. The van der Waals surface area contributed by atoms with Gasteiger partial charge in [0, 0.05) is 44.4 Å². The molecule has 0 saturated carbocycles. The molecule has 1 aromatic carbocycles. The van der Waals surface area contributed by atoms with Crippen molar-refractivity contribution in [3.63, 3.8) is 0 Å². The number of pyridine rings is 1. The van der Waals surface area contributed by atoms with Gasteiger partial charge in [-0.25, -0.2) is 9.78 Å². The molecule has 0 fully saturated rings. The maximum Gasteiger partial charge on any atom is 0.318 e. The van der Waals surface area contributed by atoms with Gasteiger partial charge in [0.15, 0.2) is 0 Å². The van der Waals surface area contributed by atoms with Crippen LogP contribution in [0, 0.1) is 6.92 Å². The number of imidazole rings is 1. The SMILES string of the molecule is CCCNC(=O)N(Cc1cccnc1)Cc1nccn1Cc1cccc(C)c1. The van der Waals surface area contributed by atoms with Crippen LogP contribution in [0.5, 0.6) is 0 Å². The molecule has 3 rings (SSSR count). The molecule has 3 aromatic rings.